The second kappa shape index (κ2) is 9.85. The summed E-state index contributed by atoms with van der Waals surface area (Å²) in [5.41, 5.74) is 0.792. The molecule has 0 radical (unpaired) electrons. The maximum Gasteiger partial charge on any atom is 0.407 e. The lowest BCUT2D eigenvalue weighted by Gasteiger charge is -2.36. The number of hydrogen-bond donors (Lipinski definition) is 1. The standard InChI is InChI=1S/C25H26N2O6/c28-21(33-27-22(29)19-11-5-6-12-20(19)23(27)30)15-25(13-7-2-8-14-25)17-26-24(31)32-16-18-9-3-1-4-10-18/h1,3-6,9-12H,2,7-8,13-17H2,(H,26,31). The Bertz CT molecular complexity index is 1010. The van der Waals surface area contributed by atoms with E-state index in [2.05, 4.69) is 5.32 Å². The zero-order valence-electron chi connectivity index (χ0n) is 18.2. The first kappa shape index (κ1) is 22.5. The van der Waals surface area contributed by atoms with Crippen molar-refractivity contribution in [2.45, 2.75) is 45.1 Å². The third-order valence-electron chi connectivity index (χ3n) is 6.20. The van der Waals surface area contributed by atoms with Crippen molar-refractivity contribution < 1.29 is 28.8 Å². The lowest BCUT2D eigenvalue weighted by atomic mass is 9.72. The quantitative estimate of drug-likeness (QED) is 0.640. The van der Waals surface area contributed by atoms with Gasteiger partial charge in [-0.2, -0.15) is 0 Å². The van der Waals surface area contributed by atoms with Gasteiger partial charge in [-0.25, -0.2) is 9.59 Å². The predicted octanol–water partition coefficient (Wildman–Crippen LogP) is 4.01. The van der Waals surface area contributed by atoms with E-state index < -0.39 is 29.3 Å². The number of benzene rings is 2. The molecule has 1 aliphatic carbocycles. The van der Waals surface area contributed by atoms with Crippen molar-refractivity contribution in [1.82, 2.24) is 10.4 Å². The highest BCUT2D eigenvalue weighted by molar-refractivity contribution is 6.20. The number of carbonyl (C=O) groups is 4. The largest absolute Gasteiger partial charge is 0.445 e. The number of alkyl carbamates (subject to hydrolysis) is 1. The van der Waals surface area contributed by atoms with Crippen LogP contribution < -0.4 is 5.32 Å². The lowest BCUT2D eigenvalue weighted by molar-refractivity contribution is -0.172. The van der Waals surface area contributed by atoms with E-state index in [1.165, 1.54) is 12.1 Å². The number of nitrogens with one attached hydrogen (secondary N) is 1. The van der Waals surface area contributed by atoms with Crippen molar-refractivity contribution in [2.75, 3.05) is 6.54 Å². The third-order valence-corrected chi connectivity index (χ3v) is 6.20. The van der Waals surface area contributed by atoms with E-state index in [0.717, 1.165) is 37.7 Å². The fourth-order valence-electron chi connectivity index (χ4n) is 4.44. The molecule has 8 nitrogen and oxygen atoms in total. The number of hydrogen-bond acceptors (Lipinski definition) is 6. The average molecular weight is 450 g/mol. The Morgan fingerprint density at radius 1 is 0.879 bits per heavy atom. The van der Waals surface area contributed by atoms with Crippen molar-refractivity contribution in [3.05, 3.63) is 71.3 Å². The molecular weight excluding hydrogens is 424 g/mol. The molecule has 1 saturated carbocycles. The van der Waals surface area contributed by atoms with Crippen LogP contribution in [0, 0.1) is 5.41 Å². The Labute approximate surface area is 191 Å². The normalized spacial score (nSPS) is 16.8. The van der Waals surface area contributed by atoms with Crippen LogP contribution in [0.2, 0.25) is 0 Å². The molecule has 33 heavy (non-hydrogen) atoms. The van der Waals surface area contributed by atoms with Crippen LogP contribution >= 0.6 is 0 Å². The molecule has 0 bridgehead atoms. The molecule has 2 aromatic rings. The summed E-state index contributed by atoms with van der Waals surface area (Å²) in [5.74, 6) is -1.97. The molecule has 4 rings (SSSR count). The fourth-order valence-corrected chi connectivity index (χ4v) is 4.44. The Balaban J connectivity index is 1.34. The minimum absolute atomic E-state index is 0.0145. The molecule has 0 aromatic heterocycles. The van der Waals surface area contributed by atoms with Crippen LogP contribution in [-0.2, 0) is 21.0 Å². The molecule has 0 saturated heterocycles. The number of hydroxylamine groups is 2. The van der Waals surface area contributed by atoms with Gasteiger partial charge in [-0.3, -0.25) is 9.59 Å². The SMILES string of the molecule is O=C(CC1(CNC(=O)OCc2ccccc2)CCCCC1)ON1C(=O)c2ccccc2C1=O. The minimum Gasteiger partial charge on any atom is -0.445 e. The Kier molecular flexibility index (Phi) is 6.72. The number of fused-ring (bicyclic) bond motifs is 1. The number of nitrogens with zero attached hydrogens (tertiary/aromatic N) is 1. The Morgan fingerprint density at radius 2 is 1.48 bits per heavy atom. The highest BCUT2D eigenvalue weighted by atomic mass is 16.7. The molecule has 1 heterocycles. The van der Waals surface area contributed by atoms with E-state index >= 15 is 0 Å². The second-order valence-electron chi connectivity index (χ2n) is 8.57. The van der Waals surface area contributed by atoms with E-state index in [9.17, 15) is 19.2 Å². The minimum atomic E-state index is -0.675. The third kappa shape index (κ3) is 5.22. The fraction of sp³-hybridized carbons (Fsp3) is 0.360. The molecule has 1 N–H and O–H groups in total. The first-order valence-corrected chi connectivity index (χ1v) is 11.1. The van der Waals surface area contributed by atoms with Gasteiger partial charge in [-0.05, 0) is 36.0 Å². The van der Waals surface area contributed by atoms with E-state index in [0.29, 0.717) is 5.06 Å². The van der Waals surface area contributed by atoms with Crippen molar-refractivity contribution in [2.24, 2.45) is 5.41 Å². The number of imide groups is 1. The first-order chi connectivity index (χ1) is 16.0. The molecule has 3 amide bonds. The summed E-state index contributed by atoms with van der Waals surface area (Å²) >= 11 is 0. The molecule has 8 heteroatoms. The Hall–Kier alpha value is -3.68. The average Bonchev–Trinajstić information content (AvgIpc) is 3.07. The summed E-state index contributed by atoms with van der Waals surface area (Å²) < 4.78 is 5.28. The van der Waals surface area contributed by atoms with Gasteiger partial charge in [0.1, 0.15) is 6.61 Å². The Morgan fingerprint density at radius 3 is 2.12 bits per heavy atom. The molecule has 1 fully saturated rings. The summed E-state index contributed by atoms with van der Waals surface area (Å²) in [4.78, 5) is 55.1. The zero-order chi connectivity index (χ0) is 23.3. The number of ether oxygens (including phenoxy) is 1. The summed E-state index contributed by atoms with van der Waals surface area (Å²) in [6, 6.07) is 15.7. The summed E-state index contributed by atoms with van der Waals surface area (Å²) in [6.45, 7) is 0.402. The summed E-state index contributed by atoms with van der Waals surface area (Å²) in [5, 5.41) is 3.31. The molecule has 0 unspecified atom stereocenters. The molecule has 2 aromatic carbocycles. The molecule has 0 atom stereocenters. The maximum absolute atomic E-state index is 12.8. The van der Waals surface area contributed by atoms with E-state index in [1.54, 1.807) is 12.1 Å². The topological polar surface area (TPSA) is 102 Å². The molecular formula is C25H26N2O6. The van der Waals surface area contributed by atoms with Crippen molar-refractivity contribution in [1.29, 1.82) is 0 Å². The van der Waals surface area contributed by atoms with Crippen LogP contribution in [0.3, 0.4) is 0 Å². The van der Waals surface area contributed by atoms with Gasteiger partial charge in [-0.15, -0.1) is 0 Å². The van der Waals surface area contributed by atoms with E-state index in [-0.39, 0.29) is 30.7 Å². The summed E-state index contributed by atoms with van der Waals surface area (Å²) in [7, 11) is 0. The van der Waals surface area contributed by atoms with Crippen molar-refractivity contribution >= 4 is 23.9 Å². The van der Waals surface area contributed by atoms with Crippen molar-refractivity contribution in [3.8, 4) is 0 Å². The second-order valence-corrected chi connectivity index (χ2v) is 8.57. The van der Waals surface area contributed by atoms with E-state index in [4.69, 9.17) is 9.57 Å². The predicted molar refractivity (Wildman–Crippen MR) is 118 cm³/mol. The van der Waals surface area contributed by atoms with Crippen molar-refractivity contribution in [3.63, 3.8) is 0 Å². The van der Waals surface area contributed by atoms with Gasteiger partial charge >= 0.3 is 12.1 Å². The molecule has 1 aliphatic heterocycles. The van der Waals surface area contributed by atoms with Gasteiger partial charge in [0.25, 0.3) is 11.8 Å². The van der Waals surface area contributed by atoms with E-state index in [1.807, 2.05) is 30.3 Å². The number of amides is 3. The van der Waals surface area contributed by atoms with Crippen LogP contribution in [0.5, 0.6) is 0 Å². The van der Waals surface area contributed by atoms with Gasteiger partial charge in [0, 0.05) is 6.54 Å². The first-order valence-electron chi connectivity index (χ1n) is 11.1. The molecule has 172 valence electrons. The van der Waals surface area contributed by atoms with Crippen LogP contribution in [-0.4, -0.2) is 35.5 Å². The number of carbonyl (C=O) groups excluding carboxylic acids is 4. The smallest absolute Gasteiger partial charge is 0.407 e. The van der Waals surface area contributed by atoms with Crippen LogP contribution in [0.15, 0.2) is 54.6 Å². The lowest BCUT2D eigenvalue weighted by Crippen LogP contribution is -2.42. The highest BCUT2D eigenvalue weighted by Gasteiger charge is 2.41. The highest BCUT2D eigenvalue weighted by Crippen LogP contribution is 2.39. The summed E-state index contributed by atoms with van der Waals surface area (Å²) in [6.07, 6.45) is 3.76. The van der Waals surface area contributed by atoms with Gasteiger partial charge in [0.15, 0.2) is 0 Å². The van der Waals surface area contributed by atoms with Gasteiger partial charge in [-0.1, -0.05) is 66.8 Å². The monoisotopic (exact) mass is 450 g/mol. The molecule has 0 spiro atoms. The maximum atomic E-state index is 12.8. The van der Waals surface area contributed by atoms with Crippen LogP contribution in [0.4, 0.5) is 4.79 Å². The van der Waals surface area contributed by atoms with Crippen LogP contribution in [0.1, 0.15) is 64.8 Å². The van der Waals surface area contributed by atoms with Gasteiger partial charge in [0.2, 0.25) is 0 Å². The number of rotatable bonds is 7. The molecule has 2 aliphatic rings. The van der Waals surface area contributed by atoms with Gasteiger partial charge < -0.3 is 14.9 Å². The zero-order valence-corrected chi connectivity index (χ0v) is 18.2. The van der Waals surface area contributed by atoms with Crippen LogP contribution in [0.25, 0.3) is 0 Å². The van der Waals surface area contributed by atoms with Gasteiger partial charge in [0.05, 0.1) is 17.5 Å².